The summed E-state index contributed by atoms with van der Waals surface area (Å²) >= 11 is 7.62. The van der Waals surface area contributed by atoms with Gasteiger partial charge in [0, 0.05) is 47.4 Å². The van der Waals surface area contributed by atoms with Crippen LogP contribution in [0.25, 0.3) is 11.4 Å². The van der Waals surface area contributed by atoms with Gasteiger partial charge in [-0.25, -0.2) is 4.98 Å². The first-order valence-corrected chi connectivity index (χ1v) is 12.7. The van der Waals surface area contributed by atoms with E-state index in [1.54, 1.807) is 12.3 Å². The number of fused-ring (bicyclic) bond motifs is 2. The maximum absolute atomic E-state index is 12.9. The van der Waals surface area contributed by atoms with E-state index in [0.29, 0.717) is 45.2 Å². The highest BCUT2D eigenvalue weighted by atomic mass is 35.5. The summed E-state index contributed by atoms with van der Waals surface area (Å²) in [6, 6.07) is 7.36. The van der Waals surface area contributed by atoms with Crippen molar-refractivity contribution in [1.29, 1.82) is 0 Å². The number of aryl methyl sites for hydroxylation is 1. The molecule has 5 rings (SSSR count). The van der Waals surface area contributed by atoms with Crippen LogP contribution >= 0.6 is 23.4 Å². The third-order valence-electron chi connectivity index (χ3n) is 6.18. The Morgan fingerprint density at radius 1 is 1.21 bits per heavy atom. The highest BCUT2D eigenvalue weighted by molar-refractivity contribution is 7.99. The number of hydrogen-bond donors (Lipinski definition) is 1. The molecule has 0 unspecified atom stereocenters. The van der Waals surface area contributed by atoms with Crippen molar-refractivity contribution in [3.8, 4) is 23.0 Å². The molecular formula is C25H25ClN4O3S. The molecule has 0 bridgehead atoms. The van der Waals surface area contributed by atoms with Gasteiger partial charge < -0.3 is 14.7 Å². The molecule has 176 valence electrons. The topological polar surface area (TPSA) is 88.4 Å². The van der Waals surface area contributed by atoms with Gasteiger partial charge in [0.1, 0.15) is 5.03 Å². The quantitative estimate of drug-likeness (QED) is 0.314. The number of aliphatic hydroxyl groups is 1. The summed E-state index contributed by atoms with van der Waals surface area (Å²) in [4.78, 5) is 28.7. The zero-order chi connectivity index (χ0) is 23.7. The van der Waals surface area contributed by atoms with Gasteiger partial charge in [-0.2, -0.15) is 4.98 Å². The van der Waals surface area contributed by atoms with Crippen molar-refractivity contribution in [1.82, 2.24) is 19.9 Å². The van der Waals surface area contributed by atoms with Crippen LogP contribution in [0.1, 0.15) is 41.6 Å². The minimum absolute atomic E-state index is 0.120. The van der Waals surface area contributed by atoms with Crippen LogP contribution in [0.5, 0.6) is 11.6 Å². The maximum atomic E-state index is 12.9. The Morgan fingerprint density at radius 2 is 2.03 bits per heavy atom. The average molecular weight is 497 g/mol. The molecule has 0 radical (unpaired) electrons. The van der Waals surface area contributed by atoms with Gasteiger partial charge >= 0.3 is 0 Å². The summed E-state index contributed by atoms with van der Waals surface area (Å²) in [6.07, 6.45) is 5.47. The van der Waals surface area contributed by atoms with Crippen molar-refractivity contribution in [2.24, 2.45) is 0 Å². The van der Waals surface area contributed by atoms with Crippen molar-refractivity contribution in [2.75, 3.05) is 18.8 Å². The van der Waals surface area contributed by atoms with Crippen molar-refractivity contribution in [2.45, 2.75) is 44.2 Å². The molecule has 2 aromatic heterocycles. The molecule has 0 spiro atoms. The average Bonchev–Trinajstić information content (AvgIpc) is 2.87. The Kier molecular flexibility index (Phi) is 6.72. The molecule has 1 fully saturated rings. The molecule has 1 amide bonds. The first-order valence-electron chi connectivity index (χ1n) is 11.4. The van der Waals surface area contributed by atoms with Crippen LogP contribution in [-0.2, 0) is 17.8 Å². The summed E-state index contributed by atoms with van der Waals surface area (Å²) in [5.74, 6) is 1.98. The first-order chi connectivity index (χ1) is 16.5. The number of carbonyl (C=O) groups excluding carboxylic acids is 1. The second-order valence-corrected chi connectivity index (χ2v) is 9.89. The molecule has 2 aliphatic heterocycles. The summed E-state index contributed by atoms with van der Waals surface area (Å²) in [6.45, 7) is 3.37. The fraction of sp³-hybridized carbons (Fsp3) is 0.360. The number of halogens is 1. The maximum Gasteiger partial charge on any atom is 0.232 e. The fourth-order valence-electron chi connectivity index (χ4n) is 4.33. The Hall–Kier alpha value is -2.68. The van der Waals surface area contributed by atoms with Crippen LogP contribution < -0.4 is 4.74 Å². The minimum Gasteiger partial charge on any atom is -0.436 e. The molecule has 7 nitrogen and oxygen atoms in total. The highest BCUT2D eigenvalue weighted by Crippen LogP contribution is 2.42. The van der Waals surface area contributed by atoms with E-state index in [9.17, 15) is 9.90 Å². The van der Waals surface area contributed by atoms with Crippen LogP contribution in [0.2, 0.25) is 5.02 Å². The van der Waals surface area contributed by atoms with Crippen LogP contribution in [0.15, 0.2) is 35.5 Å². The van der Waals surface area contributed by atoms with E-state index in [1.165, 1.54) is 18.2 Å². The molecule has 0 atom stereocenters. The second kappa shape index (κ2) is 9.90. The largest absolute Gasteiger partial charge is 0.436 e. The van der Waals surface area contributed by atoms with Gasteiger partial charge in [0.15, 0.2) is 11.6 Å². The fourth-order valence-corrected chi connectivity index (χ4v) is 5.45. The minimum atomic E-state index is -0.133. The number of benzene rings is 1. The third-order valence-corrected chi connectivity index (χ3v) is 7.42. The van der Waals surface area contributed by atoms with Crippen LogP contribution in [0.3, 0.4) is 0 Å². The van der Waals surface area contributed by atoms with Gasteiger partial charge in [-0.1, -0.05) is 35.5 Å². The number of nitrogens with zero attached hydrogens (tertiary/aromatic N) is 4. The lowest BCUT2D eigenvalue weighted by Crippen LogP contribution is -2.36. The van der Waals surface area contributed by atoms with Crippen molar-refractivity contribution in [3.63, 3.8) is 0 Å². The number of rotatable bonds is 5. The summed E-state index contributed by atoms with van der Waals surface area (Å²) in [5, 5.41) is 11.1. The lowest BCUT2D eigenvalue weighted by molar-refractivity contribution is -0.129. The van der Waals surface area contributed by atoms with E-state index in [1.807, 2.05) is 30.0 Å². The van der Waals surface area contributed by atoms with Crippen molar-refractivity contribution in [3.05, 3.63) is 57.9 Å². The number of pyridine rings is 1. The Morgan fingerprint density at radius 3 is 2.79 bits per heavy atom. The summed E-state index contributed by atoms with van der Waals surface area (Å²) in [7, 11) is 0. The number of aromatic nitrogens is 3. The zero-order valence-corrected chi connectivity index (χ0v) is 20.5. The molecule has 1 saturated heterocycles. The Bertz CT molecular complexity index is 1250. The lowest BCUT2D eigenvalue weighted by atomic mass is 9.99. The molecule has 1 N–H and O–H groups in total. The number of likely N-dealkylation sites (tertiary alicyclic amines) is 1. The van der Waals surface area contributed by atoms with Gasteiger partial charge in [0.25, 0.3) is 0 Å². The van der Waals surface area contributed by atoms with E-state index in [4.69, 9.17) is 26.3 Å². The number of carbonyl (C=O) groups is 1. The number of piperidine rings is 1. The Labute approximate surface area is 207 Å². The van der Waals surface area contributed by atoms with Gasteiger partial charge in [-0.05, 0) is 38.3 Å². The van der Waals surface area contributed by atoms with E-state index in [-0.39, 0.29) is 12.5 Å². The van der Waals surface area contributed by atoms with Crippen LogP contribution in [0.4, 0.5) is 0 Å². The highest BCUT2D eigenvalue weighted by Gasteiger charge is 2.28. The van der Waals surface area contributed by atoms with E-state index in [2.05, 4.69) is 4.98 Å². The molecule has 34 heavy (non-hydrogen) atoms. The van der Waals surface area contributed by atoms with Crippen LogP contribution in [-0.4, -0.2) is 49.7 Å². The smallest absolute Gasteiger partial charge is 0.232 e. The number of ether oxygens (including phenoxy) is 1. The molecule has 9 heteroatoms. The van der Waals surface area contributed by atoms with Crippen molar-refractivity contribution >= 4 is 29.3 Å². The molecular weight excluding hydrogens is 472 g/mol. The van der Waals surface area contributed by atoms with Crippen LogP contribution in [0, 0.1) is 6.92 Å². The summed E-state index contributed by atoms with van der Waals surface area (Å²) < 4.78 is 6.24. The SMILES string of the molecule is Cc1ncc(CO)c2c1Oc1nc(-c3cccc(Cl)c3)nc(SCC(=O)N3CCCCC3)c1C2. The normalized spacial score (nSPS) is 14.9. The predicted octanol–water partition coefficient (Wildman–Crippen LogP) is 4.79. The zero-order valence-electron chi connectivity index (χ0n) is 18.9. The van der Waals surface area contributed by atoms with Gasteiger partial charge in [0.2, 0.25) is 11.8 Å². The number of thioether (sulfide) groups is 1. The number of hydrogen-bond acceptors (Lipinski definition) is 7. The van der Waals surface area contributed by atoms with Gasteiger partial charge in [0.05, 0.1) is 23.6 Å². The molecule has 2 aliphatic rings. The van der Waals surface area contributed by atoms with E-state index < -0.39 is 0 Å². The van der Waals surface area contributed by atoms with Gasteiger partial charge in [-0.3, -0.25) is 9.78 Å². The standard InChI is InChI=1S/C25H25ClN4O3S/c1-15-22-19(17(13-31)12-27-15)11-20-24(33-22)28-23(16-6-5-7-18(26)10-16)29-25(20)34-14-21(32)30-8-3-2-4-9-30/h5-7,10,12,31H,2-4,8-9,11,13-14H2,1H3. The van der Waals surface area contributed by atoms with E-state index in [0.717, 1.165) is 48.3 Å². The first kappa shape index (κ1) is 23.1. The van der Waals surface area contributed by atoms with Crippen molar-refractivity contribution < 1.29 is 14.6 Å². The molecule has 1 aromatic carbocycles. The molecule has 0 aliphatic carbocycles. The Balaban J connectivity index is 1.52. The van der Waals surface area contributed by atoms with E-state index >= 15 is 0 Å². The molecule has 0 saturated carbocycles. The molecule has 3 aromatic rings. The summed E-state index contributed by atoms with van der Waals surface area (Å²) in [5.41, 5.74) is 3.91. The lowest BCUT2D eigenvalue weighted by Gasteiger charge is -2.27. The predicted molar refractivity (Wildman–Crippen MR) is 131 cm³/mol. The third kappa shape index (κ3) is 4.62. The molecule has 4 heterocycles. The van der Waals surface area contributed by atoms with Gasteiger partial charge in [-0.15, -0.1) is 0 Å². The monoisotopic (exact) mass is 496 g/mol. The second-order valence-electron chi connectivity index (χ2n) is 8.49. The number of amides is 1. The number of aliphatic hydroxyl groups excluding tert-OH is 1.